The lowest BCUT2D eigenvalue weighted by Gasteiger charge is -2.20. The molecule has 0 atom stereocenters. The predicted octanol–water partition coefficient (Wildman–Crippen LogP) is 1.84. The Balaban J connectivity index is 1.92. The highest BCUT2D eigenvalue weighted by atomic mass is 16.3. The second-order valence-electron chi connectivity index (χ2n) is 4.77. The van der Waals surface area contributed by atoms with Gasteiger partial charge in [0, 0.05) is 25.8 Å². The Morgan fingerprint density at radius 2 is 2.26 bits per heavy atom. The molecule has 5 heteroatoms. The smallest absolute Gasteiger partial charge is 0.226 e. The molecule has 1 aliphatic rings. The molecule has 0 saturated carbocycles. The van der Waals surface area contributed by atoms with Crippen molar-refractivity contribution in [1.82, 2.24) is 15.3 Å². The van der Waals surface area contributed by atoms with Crippen LogP contribution in [0, 0.1) is 6.92 Å². The van der Waals surface area contributed by atoms with E-state index in [0.29, 0.717) is 0 Å². The lowest BCUT2D eigenvalue weighted by atomic mass is 10.2. The van der Waals surface area contributed by atoms with Gasteiger partial charge in [-0.15, -0.1) is 0 Å². The molecule has 2 aromatic rings. The monoisotopic (exact) mass is 258 g/mol. The second-order valence-corrected chi connectivity index (χ2v) is 4.77. The molecule has 0 unspecified atom stereocenters. The fraction of sp³-hybridized carbons (Fsp3) is 0.429. The first-order valence-electron chi connectivity index (χ1n) is 6.68. The summed E-state index contributed by atoms with van der Waals surface area (Å²) in [4.78, 5) is 11.4. The quantitative estimate of drug-likeness (QED) is 0.891. The lowest BCUT2D eigenvalue weighted by molar-refractivity contribution is 0.579. The molecule has 1 aliphatic heterocycles. The van der Waals surface area contributed by atoms with E-state index in [0.717, 1.165) is 55.6 Å². The van der Waals surface area contributed by atoms with Gasteiger partial charge in [0.05, 0.1) is 6.26 Å². The number of aromatic nitrogens is 2. The van der Waals surface area contributed by atoms with Crippen molar-refractivity contribution in [2.24, 2.45) is 0 Å². The molecule has 0 aliphatic carbocycles. The van der Waals surface area contributed by atoms with Gasteiger partial charge in [0.15, 0.2) is 5.76 Å². The first kappa shape index (κ1) is 12.2. The normalized spacial score (nSPS) is 16.4. The van der Waals surface area contributed by atoms with Crippen LogP contribution < -0.4 is 10.2 Å². The minimum Gasteiger partial charge on any atom is -0.463 e. The number of furan rings is 1. The summed E-state index contributed by atoms with van der Waals surface area (Å²) in [6.45, 7) is 5.99. The van der Waals surface area contributed by atoms with Crippen LogP contribution in [-0.2, 0) is 0 Å². The molecule has 100 valence electrons. The van der Waals surface area contributed by atoms with Gasteiger partial charge in [-0.2, -0.15) is 0 Å². The molecule has 0 radical (unpaired) electrons. The van der Waals surface area contributed by atoms with Crippen molar-refractivity contribution in [2.45, 2.75) is 13.3 Å². The first-order chi connectivity index (χ1) is 9.34. The number of nitrogens with zero attached hydrogens (tertiary/aromatic N) is 3. The molecule has 1 fully saturated rings. The Bertz CT molecular complexity index is 530. The predicted molar refractivity (Wildman–Crippen MR) is 74.2 cm³/mol. The van der Waals surface area contributed by atoms with Gasteiger partial charge in [0.25, 0.3) is 0 Å². The van der Waals surface area contributed by atoms with Crippen LogP contribution in [0.4, 0.5) is 5.95 Å². The highest BCUT2D eigenvalue weighted by Gasteiger charge is 2.15. The largest absolute Gasteiger partial charge is 0.463 e. The number of aryl methyl sites for hydroxylation is 1. The van der Waals surface area contributed by atoms with E-state index in [-0.39, 0.29) is 0 Å². The molecular weight excluding hydrogens is 240 g/mol. The van der Waals surface area contributed by atoms with Crippen molar-refractivity contribution in [3.8, 4) is 11.5 Å². The zero-order valence-corrected chi connectivity index (χ0v) is 11.1. The Morgan fingerprint density at radius 3 is 3.11 bits per heavy atom. The minimum atomic E-state index is 0.792. The van der Waals surface area contributed by atoms with Gasteiger partial charge < -0.3 is 14.6 Å². The van der Waals surface area contributed by atoms with Crippen LogP contribution in [-0.4, -0.2) is 36.1 Å². The van der Waals surface area contributed by atoms with E-state index >= 15 is 0 Å². The molecule has 5 nitrogen and oxygen atoms in total. The molecule has 1 saturated heterocycles. The number of hydrogen-bond donors (Lipinski definition) is 1. The zero-order valence-electron chi connectivity index (χ0n) is 11.1. The van der Waals surface area contributed by atoms with Crippen molar-refractivity contribution in [3.05, 3.63) is 30.2 Å². The number of anilines is 1. The summed E-state index contributed by atoms with van der Waals surface area (Å²) in [6, 6.07) is 3.81. The van der Waals surface area contributed by atoms with Crippen LogP contribution in [0.1, 0.15) is 12.0 Å². The van der Waals surface area contributed by atoms with Crippen molar-refractivity contribution in [2.75, 3.05) is 31.1 Å². The van der Waals surface area contributed by atoms with Crippen LogP contribution in [0.25, 0.3) is 11.5 Å². The van der Waals surface area contributed by atoms with E-state index in [4.69, 9.17) is 4.42 Å². The van der Waals surface area contributed by atoms with E-state index < -0.39 is 0 Å². The fourth-order valence-electron chi connectivity index (χ4n) is 2.29. The molecule has 0 bridgehead atoms. The van der Waals surface area contributed by atoms with Gasteiger partial charge in [-0.25, -0.2) is 9.97 Å². The maximum absolute atomic E-state index is 5.45. The molecule has 3 rings (SSSR count). The SMILES string of the molecule is Cc1cnc(N2CCCNCC2)nc1-c1ccco1. The van der Waals surface area contributed by atoms with Crippen molar-refractivity contribution in [3.63, 3.8) is 0 Å². The van der Waals surface area contributed by atoms with Crippen molar-refractivity contribution < 1.29 is 4.42 Å². The lowest BCUT2D eigenvalue weighted by Crippen LogP contribution is -2.29. The number of nitrogens with one attached hydrogen (secondary N) is 1. The van der Waals surface area contributed by atoms with E-state index in [1.165, 1.54) is 0 Å². The third-order valence-electron chi connectivity index (χ3n) is 3.34. The average molecular weight is 258 g/mol. The molecule has 0 spiro atoms. The van der Waals surface area contributed by atoms with Gasteiger partial charge in [-0.3, -0.25) is 0 Å². The maximum Gasteiger partial charge on any atom is 0.226 e. The van der Waals surface area contributed by atoms with E-state index in [9.17, 15) is 0 Å². The van der Waals surface area contributed by atoms with Crippen LogP contribution >= 0.6 is 0 Å². The average Bonchev–Trinajstić information content (AvgIpc) is 2.82. The standard InChI is InChI=1S/C14H18N4O/c1-11-10-16-14(18-7-3-5-15-6-8-18)17-13(11)12-4-2-9-19-12/h2,4,9-10,15H,3,5-8H2,1H3. The van der Waals surface area contributed by atoms with E-state index in [1.807, 2.05) is 25.3 Å². The van der Waals surface area contributed by atoms with E-state index in [2.05, 4.69) is 20.2 Å². The highest BCUT2D eigenvalue weighted by molar-refractivity contribution is 5.58. The first-order valence-corrected chi connectivity index (χ1v) is 6.68. The van der Waals surface area contributed by atoms with Crippen LogP contribution in [0.5, 0.6) is 0 Å². The summed E-state index contributed by atoms with van der Waals surface area (Å²) in [5.74, 6) is 1.59. The van der Waals surface area contributed by atoms with E-state index in [1.54, 1.807) is 6.26 Å². The van der Waals surface area contributed by atoms with Gasteiger partial charge >= 0.3 is 0 Å². The third kappa shape index (κ3) is 2.61. The molecular formula is C14H18N4O. The summed E-state index contributed by atoms with van der Waals surface area (Å²) in [7, 11) is 0. The van der Waals surface area contributed by atoms with Gasteiger partial charge in [0.1, 0.15) is 5.69 Å². The van der Waals surface area contributed by atoms with Crippen LogP contribution in [0.15, 0.2) is 29.0 Å². The molecule has 3 heterocycles. The summed E-state index contributed by atoms with van der Waals surface area (Å²) in [6.07, 6.45) is 4.66. The molecule has 19 heavy (non-hydrogen) atoms. The topological polar surface area (TPSA) is 54.2 Å². The Kier molecular flexibility index (Phi) is 3.46. The summed E-state index contributed by atoms with van der Waals surface area (Å²) < 4.78 is 5.45. The maximum atomic E-state index is 5.45. The number of hydrogen-bond acceptors (Lipinski definition) is 5. The third-order valence-corrected chi connectivity index (χ3v) is 3.34. The molecule has 0 aromatic carbocycles. The van der Waals surface area contributed by atoms with Crippen molar-refractivity contribution in [1.29, 1.82) is 0 Å². The van der Waals surface area contributed by atoms with Crippen LogP contribution in [0.2, 0.25) is 0 Å². The summed E-state index contributed by atoms with van der Waals surface area (Å²) in [5, 5.41) is 3.38. The van der Waals surface area contributed by atoms with Gasteiger partial charge in [-0.05, 0) is 37.6 Å². The summed E-state index contributed by atoms with van der Waals surface area (Å²) in [5.41, 5.74) is 1.92. The Hall–Kier alpha value is -1.88. The molecule has 1 N–H and O–H groups in total. The highest BCUT2D eigenvalue weighted by Crippen LogP contribution is 2.23. The zero-order chi connectivity index (χ0) is 13.1. The fourth-order valence-corrected chi connectivity index (χ4v) is 2.29. The van der Waals surface area contributed by atoms with Gasteiger partial charge in [-0.1, -0.05) is 0 Å². The van der Waals surface area contributed by atoms with Crippen molar-refractivity contribution >= 4 is 5.95 Å². The molecule has 0 amide bonds. The summed E-state index contributed by atoms with van der Waals surface area (Å²) >= 11 is 0. The Labute approximate surface area is 112 Å². The number of rotatable bonds is 2. The van der Waals surface area contributed by atoms with Crippen LogP contribution in [0.3, 0.4) is 0 Å². The Morgan fingerprint density at radius 1 is 1.32 bits per heavy atom. The van der Waals surface area contributed by atoms with Gasteiger partial charge in [0.2, 0.25) is 5.95 Å². The minimum absolute atomic E-state index is 0.792. The molecule has 2 aromatic heterocycles. The second kappa shape index (κ2) is 5.40.